The Morgan fingerprint density at radius 3 is 0.900 bits per heavy atom. The minimum absolute atomic E-state index is 0. The molecule has 0 atom stereocenters. The van der Waals surface area contributed by atoms with Crippen LogP contribution in [0.5, 0.6) is 0 Å². The molecule has 0 aliphatic heterocycles. The first-order chi connectivity index (χ1) is 3.46. The Hall–Kier alpha value is 2.23. The third-order valence-corrected chi connectivity index (χ3v) is 0. The molecule has 0 aliphatic carbocycles. The summed E-state index contributed by atoms with van der Waals surface area (Å²) < 4.78 is 0. The molecule has 0 aromatic heterocycles. The van der Waals surface area contributed by atoms with Gasteiger partial charge in [0.2, 0.25) is 0 Å². The van der Waals surface area contributed by atoms with Gasteiger partial charge in [-0.15, -0.1) is 0 Å². The van der Waals surface area contributed by atoms with Crippen molar-refractivity contribution in [1.29, 1.82) is 0 Å². The molecule has 52 valence electrons. The molecular formula is C2H6CsKO6. The molecule has 0 heterocycles. The van der Waals surface area contributed by atoms with E-state index in [0.717, 1.165) is 0 Å². The van der Waals surface area contributed by atoms with Crippen molar-refractivity contribution in [3.8, 4) is 0 Å². The summed E-state index contributed by atoms with van der Waals surface area (Å²) in [6.45, 7) is 0. The van der Waals surface area contributed by atoms with E-state index in [0.29, 0.717) is 0 Å². The molecule has 8 heteroatoms. The predicted molar refractivity (Wildman–Crippen MR) is 23.5 cm³/mol. The summed E-state index contributed by atoms with van der Waals surface area (Å²) in [4.78, 5) is 17.1. The molecule has 0 aromatic rings. The maximum atomic E-state index is 8.56. The molecule has 0 aromatic carbocycles. The topological polar surface area (TPSA) is 115 Å². The van der Waals surface area contributed by atoms with Crippen molar-refractivity contribution >= 4 is 12.3 Å². The van der Waals surface area contributed by atoms with Crippen molar-refractivity contribution in [1.82, 2.24) is 0 Å². The van der Waals surface area contributed by atoms with Crippen LogP contribution in [-0.2, 0) is 0 Å². The third kappa shape index (κ3) is 175. The zero-order valence-corrected chi connectivity index (χ0v) is 15.0. The molecule has 0 bridgehead atoms. The predicted octanol–water partition coefficient (Wildman–Crippen LogP) is -5.32. The van der Waals surface area contributed by atoms with Crippen molar-refractivity contribution in [3.05, 3.63) is 0 Å². The minimum Gasteiger partial charge on any atom is -1.00 e. The molecule has 10 heavy (non-hydrogen) atoms. The normalized spacial score (nSPS) is 4.80. The SMILES string of the molecule is O=C(O)O.O=C(O)O.[Cs+].[H-].[H-].[K+]. The van der Waals surface area contributed by atoms with E-state index < -0.39 is 12.3 Å². The van der Waals surface area contributed by atoms with Gasteiger partial charge in [-0.1, -0.05) is 0 Å². The molecule has 4 N–H and O–H groups in total. The number of hydrogen-bond donors (Lipinski definition) is 4. The van der Waals surface area contributed by atoms with Crippen LogP contribution in [0.15, 0.2) is 0 Å². The Labute approximate surface area is 161 Å². The van der Waals surface area contributed by atoms with E-state index in [4.69, 9.17) is 30.0 Å². The molecule has 0 aliphatic rings. The van der Waals surface area contributed by atoms with E-state index in [1.165, 1.54) is 0 Å². The molecule has 0 spiro atoms. The molecule has 0 unspecified atom stereocenters. The first kappa shape index (κ1) is 22.8. The van der Waals surface area contributed by atoms with Gasteiger partial charge in [-0.05, 0) is 0 Å². The fourth-order valence-corrected chi connectivity index (χ4v) is 0. The summed E-state index contributed by atoms with van der Waals surface area (Å²) in [6.07, 6.45) is -3.67. The third-order valence-electron chi connectivity index (χ3n) is 0. The van der Waals surface area contributed by atoms with Crippen LogP contribution in [0.1, 0.15) is 2.85 Å². The van der Waals surface area contributed by atoms with Gasteiger partial charge in [0.25, 0.3) is 0 Å². The second kappa shape index (κ2) is 17.4. The van der Waals surface area contributed by atoms with E-state index in [-0.39, 0.29) is 123 Å². The average molecular weight is 298 g/mol. The quantitative estimate of drug-likeness (QED) is 0.332. The van der Waals surface area contributed by atoms with E-state index in [1.807, 2.05) is 0 Å². The summed E-state index contributed by atoms with van der Waals surface area (Å²) >= 11 is 0. The second-order valence-electron chi connectivity index (χ2n) is 0.565. The maximum Gasteiger partial charge on any atom is 1.00 e. The molecule has 0 saturated heterocycles. The largest absolute Gasteiger partial charge is 1.00 e. The van der Waals surface area contributed by atoms with E-state index in [1.54, 1.807) is 0 Å². The number of hydrogen-bond acceptors (Lipinski definition) is 2. The van der Waals surface area contributed by atoms with Crippen LogP contribution >= 0.6 is 0 Å². The van der Waals surface area contributed by atoms with Crippen LogP contribution in [0.3, 0.4) is 0 Å². The van der Waals surface area contributed by atoms with Crippen molar-refractivity contribution in [2.45, 2.75) is 0 Å². The van der Waals surface area contributed by atoms with Gasteiger partial charge in [0.15, 0.2) is 0 Å². The Bertz CT molecular complexity index is 81.5. The van der Waals surface area contributed by atoms with Gasteiger partial charge in [-0.3, -0.25) is 0 Å². The first-order valence-corrected chi connectivity index (χ1v) is 1.30. The summed E-state index contributed by atoms with van der Waals surface area (Å²) in [7, 11) is 0. The zero-order valence-electron chi connectivity index (χ0n) is 7.61. The molecular weight excluding hydrogens is 292 g/mol. The number of carboxylic acid groups (broad SMARTS) is 4. The molecule has 0 radical (unpaired) electrons. The van der Waals surface area contributed by atoms with Gasteiger partial charge in [0.1, 0.15) is 0 Å². The van der Waals surface area contributed by atoms with Gasteiger partial charge in [0.05, 0.1) is 0 Å². The van der Waals surface area contributed by atoms with E-state index >= 15 is 0 Å². The van der Waals surface area contributed by atoms with Gasteiger partial charge < -0.3 is 23.3 Å². The molecule has 0 saturated carbocycles. The van der Waals surface area contributed by atoms with Crippen molar-refractivity contribution in [2.75, 3.05) is 0 Å². The number of carbonyl (C=O) groups is 2. The van der Waals surface area contributed by atoms with E-state index in [2.05, 4.69) is 0 Å². The molecule has 0 rings (SSSR count). The summed E-state index contributed by atoms with van der Waals surface area (Å²) in [6, 6.07) is 0. The Kier molecular flexibility index (Phi) is 39.5. The standard InChI is InChI=1S/2CH2O3.Cs.K.2H/c2*2-1(3)4;;;;/h2*(H2,2,3,4);;;;/q;;2*+1;2*-1. The van der Waals surface area contributed by atoms with Crippen molar-refractivity contribution in [2.24, 2.45) is 0 Å². The van der Waals surface area contributed by atoms with Gasteiger partial charge in [-0.25, -0.2) is 9.59 Å². The fraction of sp³-hybridized carbons (Fsp3) is 0. The number of rotatable bonds is 0. The van der Waals surface area contributed by atoms with Crippen LogP contribution in [0.4, 0.5) is 9.59 Å². The van der Waals surface area contributed by atoms with Crippen molar-refractivity contribution in [3.63, 3.8) is 0 Å². The van der Waals surface area contributed by atoms with Gasteiger partial charge in [-0.2, -0.15) is 0 Å². The van der Waals surface area contributed by atoms with Crippen LogP contribution in [0.2, 0.25) is 0 Å². The van der Waals surface area contributed by atoms with Gasteiger partial charge in [0, 0.05) is 0 Å². The van der Waals surface area contributed by atoms with Crippen LogP contribution in [0, 0.1) is 0 Å². The Morgan fingerprint density at radius 1 is 0.900 bits per heavy atom. The molecule has 0 amide bonds. The fourth-order valence-electron chi connectivity index (χ4n) is 0. The first-order valence-electron chi connectivity index (χ1n) is 1.30. The van der Waals surface area contributed by atoms with Gasteiger partial charge >= 0.3 is 133 Å². The van der Waals surface area contributed by atoms with Crippen LogP contribution in [-0.4, -0.2) is 32.7 Å². The Morgan fingerprint density at radius 2 is 0.900 bits per heavy atom. The molecule has 0 fully saturated rings. The smallest absolute Gasteiger partial charge is 1.00 e. The zero-order chi connectivity index (χ0) is 7.15. The van der Waals surface area contributed by atoms with Crippen LogP contribution < -0.4 is 120 Å². The maximum absolute atomic E-state index is 8.56. The monoisotopic (exact) mass is 298 g/mol. The Balaban J connectivity index is -0.0000000112. The van der Waals surface area contributed by atoms with E-state index in [9.17, 15) is 0 Å². The summed E-state index contributed by atoms with van der Waals surface area (Å²) in [5.74, 6) is 0. The minimum atomic E-state index is -1.83. The summed E-state index contributed by atoms with van der Waals surface area (Å²) in [5, 5.41) is 27.9. The second-order valence-corrected chi connectivity index (χ2v) is 0.565. The van der Waals surface area contributed by atoms with Crippen LogP contribution in [0.25, 0.3) is 0 Å². The molecule has 6 nitrogen and oxygen atoms in total. The summed E-state index contributed by atoms with van der Waals surface area (Å²) in [5.41, 5.74) is 0. The van der Waals surface area contributed by atoms with Crippen molar-refractivity contribution < 1.29 is 153 Å². The average Bonchev–Trinajstić information content (AvgIpc) is 1.25.